The van der Waals surface area contributed by atoms with Crippen molar-refractivity contribution in [1.82, 2.24) is 0 Å². The van der Waals surface area contributed by atoms with E-state index in [2.05, 4.69) is 11.7 Å². The molecule has 1 heterocycles. The van der Waals surface area contributed by atoms with Gasteiger partial charge in [0.05, 0.1) is 13.2 Å². The number of hydrogen-bond acceptors (Lipinski definition) is 4. The maximum atomic E-state index is 15.2. The van der Waals surface area contributed by atoms with Gasteiger partial charge in [-0.3, -0.25) is 0 Å². The summed E-state index contributed by atoms with van der Waals surface area (Å²) in [5.74, 6) is -4.91. The second-order valence-corrected chi connectivity index (χ2v) is 10.2. The number of ether oxygens (including phenoxy) is 4. The Morgan fingerprint density at radius 1 is 0.829 bits per heavy atom. The summed E-state index contributed by atoms with van der Waals surface area (Å²) in [4.78, 5) is 0. The highest BCUT2D eigenvalue weighted by Crippen LogP contribution is 2.30. The van der Waals surface area contributed by atoms with Crippen molar-refractivity contribution in [2.75, 3.05) is 19.8 Å². The summed E-state index contributed by atoms with van der Waals surface area (Å²) in [5.41, 5.74) is 1.41. The van der Waals surface area contributed by atoms with Gasteiger partial charge in [0.1, 0.15) is 11.9 Å². The minimum Gasteiger partial charge on any atom is -0.399 e. The average molecular weight is 585 g/mol. The van der Waals surface area contributed by atoms with E-state index in [9.17, 15) is 22.0 Å². The number of hydrogen-bond donors (Lipinski definition) is 0. The molecule has 0 aromatic heterocycles. The number of aryl methyl sites for hydroxylation is 3. The Hall–Kier alpha value is -2.82. The quantitative estimate of drug-likeness (QED) is 0.150. The molecule has 0 bridgehead atoms. The zero-order valence-corrected chi connectivity index (χ0v) is 22.9. The summed E-state index contributed by atoms with van der Waals surface area (Å²) in [6.45, 7) is 3.87. The van der Waals surface area contributed by atoms with Gasteiger partial charge in [-0.25, -0.2) is 13.2 Å². The molecule has 0 aliphatic carbocycles. The zero-order chi connectivity index (χ0) is 29.4. The van der Waals surface area contributed by atoms with E-state index in [0.717, 1.165) is 30.5 Å². The Balaban J connectivity index is 1.28. The third kappa shape index (κ3) is 9.08. The van der Waals surface area contributed by atoms with Crippen LogP contribution in [0, 0.1) is 17.5 Å². The van der Waals surface area contributed by atoms with E-state index in [0.29, 0.717) is 49.0 Å². The van der Waals surface area contributed by atoms with Crippen molar-refractivity contribution in [2.24, 2.45) is 0 Å². The fraction of sp³-hybridized carbons (Fsp3) is 0.484. The zero-order valence-electron chi connectivity index (χ0n) is 22.9. The van der Waals surface area contributed by atoms with Gasteiger partial charge in [-0.2, -0.15) is 0 Å². The number of unbranched alkanes of at least 4 members (excludes halogenated alkanes) is 3. The first kappa shape index (κ1) is 31.1. The van der Waals surface area contributed by atoms with Crippen molar-refractivity contribution in [2.45, 2.75) is 77.0 Å². The van der Waals surface area contributed by atoms with Crippen molar-refractivity contribution in [1.29, 1.82) is 0 Å². The fourth-order valence-electron chi connectivity index (χ4n) is 4.84. The molecule has 4 rings (SSSR count). The van der Waals surface area contributed by atoms with Crippen LogP contribution in [-0.4, -0.2) is 38.6 Å². The molecule has 0 atom stereocenters. The van der Waals surface area contributed by atoms with Crippen LogP contribution < -0.4 is 4.74 Å². The first-order chi connectivity index (χ1) is 19.6. The van der Waals surface area contributed by atoms with Gasteiger partial charge in [-0.1, -0.05) is 56.5 Å². The van der Waals surface area contributed by atoms with Gasteiger partial charge in [-0.15, -0.1) is 13.2 Å². The molecule has 4 nitrogen and oxygen atoms in total. The van der Waals surface area contributed by atoms with Crippen molar-refractivity contribution in [3.05, 3.63) is 76.6 Å². The van der Waals surface area contributed by atoms with E-state index in [1.54, 1.807) is 18.2 Å². The lowest BCUT2D eigenvalue weighted by Gasteiger charge is -2.29. The Morgan fingerprint density at radius 3 is 2.24 bits per heavy atom. The molecule has 0 spiro atoms. The maximum Gasteiger partial charge on any atom is 0.573 e. The second kappa shape index (κ2) is 14.4. The molecule has 224 valence electrons. The topological polar surface area (TPSA) is 36.9 Å². The summed E-state index contributed by atoms with van der Waals surface area (Å²) in [5, 5.41) is 1.11. The van der Waals surface area contributed by atoms with Gasteiger partial charge in [0, 0.05) is 18.4 Å². The number of halogens is 6. The van der Waals surface area contributed by atoms with Crippen LogP contribution in [0.1, 0.15) is 55.7 Å². The lowest BCUT2D eigenvalue weighted by molar-refractivity contribution is -0.276. The van der Waals surface area contributed by atoms with E-state index in [4.69, 9.17) is 14.2 Å². The average Bonchev–Trinajstić information content (AvgIpc) is 2.93. The van der Waals surface area contributed by atoms with Crippen LogP contribution in [0.15, 0.2) is 42.5 Å². The Morgan fingerprint density at radius 2 is 1.56 bits per heavy atom. The SMILES string of the molecule is CCCCCCOC1COC(CCc2ccc3c(F)c(CCc4cc(F)c(OC(F)(F)F)c(F)c4)ccc3c2)OC1. The summed E-state index contributed by atoms with van der Waals surface area (Å²) < 4.78 is 101. The summed E-state index contributed by atoms with van der Waals surface area (Å²) in [6.07, 6.45) is 0.442. The normalized spacial score (nSPS) is 17.7. The lowest BCUT2D eigenvalue weighted by atomic mass is 9.98. The van der Waals surface area contributed by atoms with Crippen molar-refractivity contribution in [3.63, 3.8) is 0 Å². The number of rotatable bonds is 13. The lowest BCUT2D eigenvalue weighted by Crippen LogP contribution is -2.37. The molecule has 0 N–H and O–H groups in total. The molecule has 3 aromatic rings. The van der Waals surface area contributed by atoms with Crippen LogP contribution in [0.5, 0.6) is 5.75 Å². The standard InChI is InChI=1S/C31H34F6O4/c1-2-3-4-5-14-38-24-18-39-28(40-19-24)13-8-20-7-12-25-23(15-20)11-10-22(29(25)34)9-6-21-16-26(32)30(27(33)17-21)41-31(35,36)37/h7,10-12,15-17,24,28H,2-6,8-9,13-14,18-19H2,1H3. The third-order valence-electron chi connectivity index (χ3n) is 7.01. The van der Waals surface area contributed by atoms with E-state index in [-0.39, 0.29) is 30.8 Å². The molecule has 1 fully saturated rings. The Labute approximate surface area is 235 Å². The molecule has 1 aliphatic rings. The molecule has 3 aromatic carbocycles. The monoisotopic (exact) mass is 584 g/mol. The van der Waals surface area contributed by atoms with E-state index in [1.807, 2.05) is 12.1 Å². The summed E-state index contributed by atoms with van der Waals surface area (Å²) in [7, 11) is 0. The van der Waals surface area contributed by atoms with Gasteiger partial charge in [0.2, 0.25) is 5.75 Å². The van der Waals surface area contributed by atoms with Gasteiger partial charge in [0.15, 0.2) is 17.9 Å². The van der Waals surface area contributed by atoms with Gasteiger partial charge < -0.3 is 18.9 Å². The van der Waals surface area contributed by atoms with E-state index >= 15 is 4.39 Å². The fourth-order valence-corrected chi connectivity index (χ4v) is 4.84. The first-order valence-electron chi connectivity index (χ1n) is 13.9. The predicted octanol–water partition coefficient (Wildman–Crippen LogP) is 8.21. The molecule has 0 unspecified atom stereocenters. The molecule has 0 amide bonds. The van der Waals surface area contributed by atoms with Gasteiger partial charge in [0.25, 0.3) is 0 Å². The highest BCUT2D eigenvalue weighted by atomic mass is 19.4. The molecule has 1 saturated heterocycles. The number of alkyl halides is 3. The van der Waals surface area contributed by atoms with Crippen molar-refractivity contribution in [3.8, 4) is 5.75 Å². The molecule has 41 heavy (non-hydrogen) atoms. The second-order valence-electron chi connectivity index (χ2n) is 10.2. The van der Waals surface area contributed by atoms with Crippen molar-refractivity contribution < 1.29 is 45.3 Å². The smallest absolute Gasteiger partial charge is 0.399 e. The Kier molecular flexibility index (Phi) is 10.9. The van der Waals surface area contributed by atoms with E-state index < -0.39 is 29.6 Å². The molecule has 10 heteroatoms. The molecule has 1 aliphatic heterocycles. The highest BCUT2D eigenvalue weighted by Gasteiger charge is 2.34. The maximum absolute atomic E-state index is 15.2. The van der Waals surface area contributed by atoms with Crippen LogP contribution in [0.4, 0.5) is 26.3 Å². The first-order valence-corrected chi connectivity index (χ1v) is 13.9. The van der Waals surface area contributed by atoms with Gasteiger partial charge in [-0.05, 0) is 59.9 Å². The summed E-state index contributed by atoms with van der Waals surface area (Å²) >= 11 is 0. The number of fused-ring (bicyclic) bond motifs is 1. The highest BCUT2D eigenvalue weighted by molar-refractivity contribution is 5.84. The van der Waals surface area contributed by atoms with Crippen LogP contribution >= 0.6 is 0 Å². The molecular formula is C31H34F6O4. The van der Waals surface area contributed by atoms with Crippen LogP contribution in [0.25, 0.3) is 10.8 Å². The summed E-state index contributed by atoms with van der Waals surface area (Å²) in [6, 6.07) is 10.3. The predicted molar refractivity (Wildman–Crippen MR) is 142 cm³/mol. The number of benzene rings is 3. The molecule has 0 radical (unpaired) electrons. The third-order valence-corrected chi connectivity index (χ3v) is 7.01. The van der Waals surface area contributed by atoms with Crippen LogP contribution in [0.3, 0.4) is 0 Å². The van der Waals surface area contributed by atoms with Crippen molar-refractivity contribution >= 4 is 10.8 Å². The largest absolute Gasteiger partial charge is 0.573 e. The van der Waals surface area contributed by atoms with Crippen LogP contribution in [-0.2, 0) is 33.5 Å². The molecular weight excluding hydrogens is 550 g/mol. The van der Waals surface area contributed by atoms with Gasteiger partial charge >= 0.3 is 6.36 Å². The van der Waals surface area contributed by atoms with E-state index in [1.165, 1.54) is 12.8 Å². The molecule has 0 saturated carbocycles. The van der Waals surface area contributed by atoms with Crippen LogP contribution in [0.2, 0.25) is 0 Å². The minimum absolute atomic E-state index is 0.0206. The Bertz CT molecular complexity index is 1260. The minimum atomic E-state index is -5.22.